The molecular weight excluding hydrogens is 305 g/mol. The summed E-state index contributed by atoms with van der Waals surface area (Å²) >= 11 is 0. The molecule has 1 N–H and O–H groups in total. The minimum atomic E-state index is -3.77. The number of rotatable bonds is 5. The lowest BCUT2D eigenvalue weighted by atomic mass is 10.2. The highest BCUT2D eigenvalue weighted by molar-refractivity contribution is 7.92. The molecule has 0 spiro atoms. The Morgan fingerprint density at radius 3 is 2.73 bits per heavy atom. The van der Waals surface area contributed by atoms with Gasteiger partial charge in [0.15, 0.2) is 0 Å². The zero-order chi connectivity index (χ0) is 15.9. The summed E-state index contributed by atoms with van der Waals surface area (Å²) in [7, 11) is -3.77. The summed E-state index contributed by atoms with van der Waals surface area (Å²) in [5.74, 6) is -0.221. The fraction of sp³-hybridized carbons (Fsp3) is 0.400. The van der Waals surface area contributed by atoms with E-state index in [1.54, 1.807) is 29.9 Å². The van der Waals surface area contributed by atoms with Crippen LogP contribution >= 0.6 is 0 Å². The van der Waals surface area contributed by atoms with Crippen LogP contribution in [0.25, 0.3) is 0 Å². The summed E-state index contributed by atoms with van der Waals surface area (Å²) < 4.78 is 42.8. The van der Waals surface area contributed by atoms with E-state index in [1.807, 2.05) is 6.92 Å². The Morgan fingerprint density at radius 1 is 1.41 bits per heavy atom. The van der Waals surface area contributed by atoms with E-state index < -0.39 is 15.8 Å². The van der Waals surface area contributed by atoms with Crippen molar-refractivity contribution in [1.29, 1.82) is 0 Å². The van der Waals surface area contributed by atoms with Gasteiger partial charge in [0.2, 0.25) is 0 Å². The summed E-state index contributed by atoms with van der Waals surface area (Å²) in [6.07, 6.45) is 3.46. The van der Waals surface area contributed by atoms with Gasteiger partial charge in [0.1, 0.15) is 10.7 Å². The number of hydrogen-bond acceptors (Lipinski definition) is 3. The standard InChI is InChI=1S/C15H18FN3O2S/c1-3-19-9-14(15(17-19)11-5-6-11)22(20,21)18-12-7-4-10(2)13(16)8-12/h4,7-9,11,18H,3,5-6H2,1-2H3. The first-order chi connectivity index (χ1) is 10.4. The molecular formula is C15H18FN3O2S. The number of halogens is 1. The van der Waals surface area contributed by atoms with E-state index in [0.29, 0.717) is 17.8 Å². The maximum Gasteiger partial charge on any atom is 0.265 e. The molecule has 1 aliphatic rings. The maximum absolute atomic E-state index is 13.6. The molecule has 2 aromatic rings. The molecule has 7 heteroatoms. The molecule has 1 heterocycles. The van der Waals surface area contributed by atoms with Crippen LogP contribution in [0, 0.1) is 12.7 Å². The largest absolute Gasteiger partial charge is 0.279 e. The Morgan fingerprint density at radius 2 is 2.14 bits per heavy atom. The third-order valence-corrected chi connectivity index (χ3v) is 5.15. The van der Waals surface area contributed by atoms with Crippen LogP contribution in [0.2, 0.25) is 0 Å². The highest BCUT2D eigenvalue weighted by atomic mass is 32.2. The zero-order valence-corrected chi connectivity index (χ0v) is 13.3. The van der Waals surface area contributed by atoms with Gasteiger partial charge in [-0.2, -0.15) is 5.10 Å². The summed E-state index contributed by atoms with van der Waals surface area (Å²) in [6, 6.07) is 4.29. The highest BCUT2D eigenvalue weighted by Crippen LogP contribution is 2.42. The maximum atomic E-state index is 13.6. The first kappa shape index (κ1) is 15.0. The van der Waals surface area contributed by atoms with Crippen molar-refractivity contribution < 1.29 is 12.8 Å². The van der Waals surface area contributed by atoms with Gasteiger partial charge in [0, 0.05) is 18.7 Å². The van der Waals surface area contributed by atoms with Crippen molar-refractivity contribution >= 4 is 15.7 Å². The quantitative estimate of drug-likeness (QED) is 0.920. The van der Waals surface area contributed by atoms with Gasteiger partial charge in [-0.3, -0.25) is 9.40 Å². The van der Waals surface area contributed by atoms with Crippen molar-refractivity contribution in [2.24, 2.45) is 0 Å². The zero-order valence-electron chi connectivity index (χ0n) is 12.5. The third-order valence-electron chi connectivity index (χ3n) is 3.76. The molecule has 1 aliphatic carbocycles. The van der Waals surface area contributed by atoms with Crippen molar-refractivity contribution in [2.45, 2.75) is 44.0 Å². The van der Waals surface area contributed by atoms with E-state index in [9.17, 15) is 12.8 Å². The van der Waals surface area contributed by atoms with Gasteiger partial charge in [0.05, 0.1) is 11.4 Å². The smallest absolute Gasteiger partial charge is 0.265 e. The van der Waals surface area contributed by atoms with Crippen LogP contribution in [0.4, 0.5) is 10.1 Å². The van der Waals surface area contributed by atoms with Crippen molar-refractivity contribution in [3.8, 4) is 0 Å². The highest BCUT2D eigenvalue weighted by Gasteiger charge is 2.34. The second-order valence-electron chi connectivity index (χ2n) is 5.58. The van der Waals surface area contributed by atoms with E-state index in [2.05, 4.69) is 9.82 Å². The van der Waals surface area contributed by atoms with E-state index in [0.717, 1.165) is 12.8 Å². The number of aromatic nitrogens is 2. The lowest BCUT2D eigenvalue weighted by molar-refractivity contribution is 0.599. The number of benzene rings is 1. The number of anilines is 1. The average Bonchev–Trinajstić information content (AvgIpc) is 3.21. The minimum absolute atomic E-state index is 0.192. The molecule has 1 saturated carbocycles. The molecule has 0 saturated heterocycles. The molecule has 22 heavy (non-hydrogen) atoms. The predicted molar refractivity (Wildman–Crippen MR) is 81.8 cm³/mol. The van der Waals surface area contributed by atoms with E-state index in [4.69, 9.17) is 0 Å². The van der Waals surface area contributed by atoms with Gasteiger partial charge in [-0.25, -0.2) is 12.8 Å². The van der Waals surface area contributed by atoms with Crippen LogP contribution in [0.3, 0.4) is 0 Å². The van der Waals surface area contributed by atoms with Crippen LogP contribution in [-0.4, -0.2) is 18.2 Å². The lowest BCUT2D eigenvalue weighted by Crippen LogP contribution is -2.14. The van der Waals surface area contributed by atoms with Gasteiger partial charge in [0.25, 0.3) is 10.0 Å². The van der Waals surface area contributed by atoms with Gasteiger partial charge in [-0.1, -0.05) is 6.07 Å². The van der Waals surface area contributed by atoms with E-state index in [1.165, 1.54) is 6.07 Å². The predicted octanol–water partition coefficient (Wildman–Crippen LogP) is 3.03. The van der Waals surface area contributed by atoms with Crippen LogP contribution in [0.15, 0.2) is 29.3 Å². The molecule has 118 valence electrons. The van der Waals surface area contributed by atoms with E-state index in [-0.39, 0.29) is 16.5 Å². The molecule has 0 unspecified atom stereocenters. The first-order valence-corrected chi connectivity index (χ1v) is 8.75. The first-order valence-electron chi connectivity index (χ1n) is 7.27. The molecule has 0 radical (unpaired) electrons. The second kappa shape index (κ2) is 5.39. The van der Waals surface area contributed by atoms with Crippen molar-refractivity contribution in [1.82, 2.24) is 9.78 Å². The van der Waals surface area contributed by atoms with Crippen molar-refractivity contribution in [3.63, 3.8) is 0 Å². The van der Waals surface area contributed by atoms with Crippen LogP contribution in [0.5, 0.6) is 0 Å². The van der Waals surface area contributed by atoms with Gasteiger partial charge in [-0.05, 0) is 44.4 Å². The molecule has 5 nitrogen and oxygen atoms in total. The topological polar surface area (TPSA) is 64.0 Å². The Hall–Kier alpha value is -1.89. The molecule has 0 aliphatic heterocycles. The fourth-order valence-electron chi connectivity index (χ4n) is 2.29. The minimum Gasteiger partial charge on any atom is -0.279 e. The average molecular weight is 323 g/mol. The Balaban J connectivity index is 1.95. The summed E-state index contributed by atoms with van der Waals surface area (Å²) in [6.45, 7) is 4.14. The summed E-state index contributed by atoms with van der Waals surface area (Å²) in [4.78, 5) is 0.192. The van der Waals surface area contributed by atoms with Crippen molar-refractivity contribution in [3.05, 3.63) is 41.5 Å². The van der Waals surface area contributed by atoms with Gasteiger partial charge in [-0.15, -0.1) is 0 Å². The Kier molecular flexibility index (Phi) is 3.68. The Labute approximate surface area is 129 Å². The number of aryl methyl sites for hydroxylation is 2. The summed E-state index contributed by atoms with van der Waals surface area (Å²) in [5.41, 5.74) is 1.30. The van der Waals surface area contributed by atoms with Gasteiger partial charge >= 0.3 is 0 Å². The number of nitrogens with zero attached hydrogens (tertiary/aromatic N) is 2. The van der Waals surface area contributed by atoms with Gasteiger partial charge < -0.3 is 0 Å². The molecule has 1 aromatic heterocycles. The van der Waals surface area contributed by atoms with Crippen LogP contribution < -0.4 is 4.72 Å². The molecule has 0 amide bonds. The van der Waals surface area contributed by atoms with Crippen LogP contribution in [0.1, 0.15) is 36.9 Å². The fourth-order valence-corrected chi connectivity index (χ4v) is 3.58. The number of hydrogen-bond donors (Lipinski definition) is 1. The molecule has 1 fully saturated rings. The number of nitrogens with one attached hydrogen (secondary N) is 1. The molecule has 0 bridgehead atoms. The molecule has 3 rings (SSSR count). The lowest BCUT2D eigenvalue weighted by Gasteiger charge is -2.08. The van der Waals surface area contributed by atoms with Crippen LogP contribution in [-0.2, 0) is 16.6 Å². The van der Waals surface area contributed by atoms with E-state index >= 15 is 0 Å². The monoisotopic (exact) mass is 323 g/mol. The molecule has 1 aromatic carbocycles. The Bertz CT molecular complexity index is 810. The summed E-state index contributed by atoms with van der Waals surface area (Å²) in [5, 5.41) is 4.35. The second-order valence-corrected chi connectivity index (χ2v) is 7.23. The number of sulfonamides is 1. The molecule has 0 atom stereocenters. The SMILES string of the molecule is CCn1cc(S(=O)(=O)Nc2ccc(C)c(F)c2)c(C2CC2)n1. The normalized spacial score (nSPS) is 15.0. The van der Waals surface area contributed by atoms with Crippen molar-refractivity contribution in [2.75, 3.05) is 4.72 Å². The third kappa shape index (κ3) is 2.85.